The molecule has 0 saturated carbocycles. The number of hydrogen-bond acceptors (Lipinski definition) is 2. The van der Waals surface area contributed by atoms with E-state index in [9.17, 15) is 9.50 Å². The maximum atomic E-state index is 13.1. The summed E-state index contributed by atoms with van der Waals surface area (Å²) >= 11 is 1.49. The van der Waals surface area contributed by atoms with Crippen LogP contribution in [-0.4, -0.2) is 10.1 Å². The molecule has 0 atom stereocenters. The average Bonchev–Trinajstić information content (AvgIpc) is 2.83. The number of aliphatic hydroxyl groups excluding tert-OH is 1. The summed E-state index contributed by atoms with van der Waals surface area (Å²) in [7, 11) is 0. The molecule has 2 aromatic carbocycles. The summed E-state index contributed by atoms with van der Waals surface area (Å²) in [6.07, 6.45) is 0. The Balaban J connectivity index is 1.96. The fourth-order valence-corrected chi connectivity index (χ4v) is 2.97. The standard InChI is InChI=1S/C15H12FNOS/c16-12-5-6-14(11(7-12)9-18)19-15-8-10-3-1-2-4-13(10)17-15/h1-8,17-18H,9H2. The van der Waals surface area contributed by atoms with Crippen LogP contribution in [0.2, 0.25) is 0 Å². The highest BCUT2D eigenvalue weighted by Gasteiger charge is 2.07. The van der Waals surface area contributed by atoms with E-state index in [1.54, 1.807) is 6.07 Å². The molecule has 0 amide bonds. The Morgan fingerprint density at radius 3 is 2.74 bits per heavy atom. The quantitative estimate of drug-likeness (QED) is 0.758. The smallest absolute Gasteiger partial charge is 0.123 e. The Hall–Kier alpha value is -1.78. The van der Waals surface area contributed by atoms with Crippen molar-refractivity contribution in [3.8, 4) is 0 Å². The molecular formula is C15H12FNOS. The van der Waals surface area contributed by atoms with Gasteiger partial charge in [-0.15, -0.1) is 0 Å². The first-order chi connectivity index (χ1) is 9.26. The summed E-state index contributed by atoms with van der Waals surface area (Å²) in [5.41, 5.74) is 1.67. The lowest BCUT2D eigenvalue weighted by Crippen LogP contribution is -1.89. The first kappa shape index (κ1) is 12.3. The minimum atomic E-state index is -0.329. The molecule has 0 aliphatic carbocycles. The number of aromatic amines is 1. The second-order valence-electron chi connectivity index (χ2n) is 4.23. The largest absolute Gasteiger partial charge is 0.392 e. The van der Waals surface area contributed by atoms with E-state index in [0.717, 1.165) is 20.8 Å². The van der Waals surface area contributed by atoms with Crippen LogP contribution >= 0.6 is 11.8 Å². The minimum absolute atomic E-state index is 0.166. The van der Waals surface area contributed by atoms with Crippen molar-refractivity contribution < 1.29 is 9.50 Å². The van der Waals surface area contributed by atoms with Crippen molar-refractivity contribution in [1.29, 1.82) is 0 Å². The van der Waals surface area contributed by atoms with Crippen molar-refractivity contribution in [2.24, 2.45) is 0 Å². The van der Waals surface area contributed by atoms with Crippen LogP contribution in [0.3, 0.4) is 0 Å². The van der Waals surface area contributed by atoms with Crippen LogP contribution < -0.4 is 0 Å². The fourth-order valence-electron chi connectivity index (χ4n) is 1.99. The second-order valence-corrected chi connectivity index (χ2v) is 5.32. The van der Waals surface area contributed by atoms with Crippen LogP contribution in [0, 0.1) is 5.82 Å². The predicted molar refractivity (Wildman–Crippen MR) is 74.7 cm³/mol. The van der Waals surface area contributed by atoms with E-state index in [4.69, 9.17) is 0 Å². The number of benzene rings is 2. The first-order valence-electron chi connectivity index (χ1n) is 5.91. The maximum Gasteiger partial charge on any atom is 0.123 e. The maximum absolute atomic E-state index is 13.1. The van der Waals surface area contributed by atoms with Gasteiger partial charge in [-0.2, -0.15) is 0 Å². The molecule has 0 aliphatic heterocycles. The second kappa shape index (κ2) is 5.07. The van der Waals surface area contributed by atoms with E-state index in [0.29, 0.717) is 5.56 Å². The number of nitrogens with one attached hydrogen (secondary N) is 1. The Labute approximate surface area is 114 Å². The summed E-state index contributed by atoms with van der Waals surface area (Å²) in [5.74, 6) is -0.329. The van der Waals surface area contributed by atoms with Crippen molar-refractivity contribution in [1.82, 2.24) is 4.98 Å². The molecule has 3 rings (SSSR count). The van der Waals surface area contributed by atoms with Gasteiger partial charge in [0.25, 0.3) is 0 Å². The predicted octanol–water partition coefficient (Wildman–Crippen LogP) is 3.95. The number of para-hydroxylation sites is 1. The summed E-state index contributed by atoms with van der Waals surface area (Å²) in [4.78, 5) is 4.15. The van der Waals surface area contributed by atoms with Crippen molar-refractivity contribution in [3.63, 3.8) is 0 Å². The van der Waals surface area contributed by atoms with Crippen LogP contribution in [0.1, 0.15) is 5.56 Å². The van der Waals surface area contributed by atoms with Gasteiger partial charge in [-0.3, -0.25) is 0 Å². The molecule has 96 valence electrons. The molecule has 19 heavy (non-hydrogen) atoms. The Kier molecular flexibility index (Phi) is 3.27. The molecular weight excluding hydrogens is 261 g/mol. The minimum Gasteiger partial charge on any atom is -0.392 e. The third kappa shape index (κ3) is 2.50. The Morgan fingerprint density at radius 2 is 1.95 bits per heavy atom. The van der Waals surface area contributed by atoms with Gasteiger partial charge >= 0.3 is 0 Å². The lowest BCUT2D eigenvalue weighted by atomic mass is 10.2. The molecule has 0 bridgehead atoms. The van der Waals surface area contributed by atoms with E-state index in [-0.39, 0.29) is 12.4 Å². The molecule has 2 N–H and O–H groups in total. The van der Waals surface area contributed by atoms with Crippen molar-refractivity contribution in [2.45, 2.75) is 16.5 Å². The Bertz CT molecular complexity index is 690. The van der Waals surface area contributed by atoms with Gasteiger partial charge in [-0.05, 0) is 35.9 Å². The van der Waals surface area contributed by atoms with Crippen LogP contribution in [0.15, 0.2) is 58.5 Å². The normalized spacial score (nSPS) is 11.1. The van der Waals surface area contributed by atoms with E-state index in [1.807, 2.05) is 30.3 Å². The van der Waals surface area contributed by atoms with Gasteiger partial charge in [0, 0.05) is 15.8 Å². The van der Waals surface area contributed by atoms with Crippen molar-refractivity contribution in [3.05, 3.63) is 59.9 Å². The average molecular weight is 273 g/mol. The molecule has 0 unspecified atom stereocenters. The number of aliphatic hydroxyl groups is 1. The molecule has 0 fully saturated rings. The molecule has 0 spiro atoms. The van der Waals surface area contributed by atoms with E-state index in [2.05, 4.69) is 4.98 Å². The molecule has 3 aromatic rings. The molecule has 0 aliphatic rings. The van der Waals surface area contributed by atoms with Gasteiger partial charge in [0.1, 0.15) is 5.82 Å². The number of hydrogen-bond donors (Lipinski definition) is 2. The van der Waals surface area contributed by atoms with E-state index in [1.165, 1.54) is 23.9 Å². The van der Waals surface area contributed by atoms with E-state index >= 15 is 0 Å². The van der Waals surface area contributed by atoms with Crippen LogP contribution in [0.25, 0.3) is 10.9 Å². The van der Waals surface area contributed by atoms with Crippen LogP contribution in [0.4, 0.5) is 4.39 Å². The number of H-pyrrole nitrogens is 1. The summed E-state index contributed by atoms with van der Waals surface area (Å²) in [6, 6.07) is 14.5. The zero-order chi connectivity index (χ0) is 13.2. The monoisotopic (exact) mass is 273 g/mol. The van der Waals surface area contributed by atoms with Crippen molar-refractivity contribution >= 4 is 22.7 Å². The number of rotatable bonds is 3. The summed E-state index contributed by atoms with van der Waals surface area (Å²) in [6.45, 7) is -0.166. The van der Waals surface area contributed by atoms with Crippen LogP contribution in [0.5, 0.6) is 0 Å². The topological polar surface area (TPSA) is 36.0 Å². The Morgan fingerprint density at radius 1 is 1.11 bits per heavy atom. The fraction of sp³-hybridized carbons (Fsp3) is 0.0667. The highest BCUT2D eigenvalue weighted by atomic mass is 32.2. The lowest BCUT2D eigenvalue weighted by Gasteiger charge is -2.05. The molecule has 0 radical (unpaired) electrons. The third-order valence-electron chi connectivity index (χ3n) is 2.92. The van der Waals surface area contributed by atoms with Gasteiger partial charge in [0.15, 0.2) is 0 Å². The molecule has 1 heterocycles. The zero-order valence-electron chi connectivity index (χ0n) is 10.1. The van der Waals surface area contributed by atoms with Gasteiger partial charge in [-0.25, -0.2) is 4.39 Å². The summed E-state index contributed by atoms with van der Waals surface area (Å²) in [5, 5.41) is 11.4. The van der Waals surface area contributed by atoms with Gasteiger partial charge in [0.05, 0.1) is 11.6 Å². The highest BCUT2D eigenvalue weighted by Crippen LogP contribution is 2.32. The molecule has 0 saturated heterocycles. The third-order valence-corrected chi connectivity index (χ3v) is 3.98. The number of fused-ring (bicyclic) bond motifs is 1. The number of halogens is 1. The van der Waals surface area contributed by atoms with E-state index < -0.39 is 0 Å². The van der Waals surface area contributed by atoms with Crippen LogP contribution in [-0.2, 0) is 6.61 Å². The lowest BCUT2D eigenvalue weighted by molar-refractivity contribution is 0.278. The number of aromatic nitrogens is 1. The van der Waals surface area contributed by atoms with Gasteiger partial charge in [0.2, 0.25) is 0 Å². The van der Waals surface area contributed by atoms with Gasteiger partial charge < -0.3 is 10.1 Å². The molecule has 1 aromatic heterocycles. The molecule has 4 heteroatoms. The molecule has 2 nitrogen and oxygen atoms in total. The van der Waals surface area contributed by atoms with Crippen molar-refractivity contribution in [2.75, 3.05) is 0 Å². The zero-order valence-corrected chi connectivity index (χ0v) is 10.9. The highest BCUT2D eigenvalue weighted by molar-refractivity contribution is 7.99. The first-order valence-corrected chi connectivity index (χ1v) is 6.73. The SMILES string of the molecule is OCc1cc(F)ccc1Sc1cc2ccccc2[nH]1. The van der Waals surface area contributed by atoms with Gasteiger partial charge in [-0.1, -0.05) is 30.0 Å². The summed E-state index contributed by atoms with van der Waals surface area (Å²) < 4.78 is 13.1.